The molecule has 0 aliphatic carbocycles. The minimum Gasteiger partial charge on any atom is -0.480 e. The highest BCUT2D eigenvalue weighted by molar-refractivity contribution is 5.95. The molecular formula is C10H14N4O5. The summed E-state index contributed by atoms with van der Waals surface area (Å²) in [6.07, 6.45) is 0.567. The average Bonchev–Trinajstić information content (AvgIpc) is 2.84. The van der Waals surface area contributed by atoms with E-state index in [-0.39, 0.29) is 11.6 Å². The first-order valence-electron chi connectivity index (χ1n) is 5.60. The van der Waals surface area contributed by atoms with E-state index in [2.05, 4.69) is 15.5 Å². The first-order valence-corrected chi connectivity index (χ1v) is 5.60. The van der Waals surface area contributed by atoms with E-state index >= 15 is 0 Å². The minimum atomic E-state index is -1.16. The van der Waals surface area contributed by atoms with E-state index in [9.17, 15) is 19.7 Å². The number of carbonyl (C=O) groups is 2. The van der Waals surface area contributed by atoms with Crippen LogP contribution in [0.3, 0.4) is 0 Å². The van der Waals surface area contributed by atoms with Crippen molar-refractivity contribution in [3.05, 3.63) is 21.9 Å². The molecule has 3 N–H and O–H groups in total. The lowest BCUT2D eigenvalue weighted by molar-refractivity contribution is -0.389. The van der Waals surface area contributed by atoms with E-state index in [0.717, 1.165) is 6.07 Å². The number of aromatic amines is 1. The number of hydrogen-bond acceptors (Lipinski definition) is 5. The summed E-state index contributed by atoms with van der Waals surface area (Å²) in [6.45, 7) is 3.48. The number of carbonyl (C=O) groups excluding carboxylic acids is 1. The largest absolute Gasteiger partial charge is 0.480 e. The molecule has 0 spiro atoms. The average molecular weight is 270 g/mol. The summed E-state index contributed by atoms with van der Waals surface area (Å²) in [6, 6.07) is -0.113. The van der Waals surface area contributed by atoms with Gasteiger partial charge in [0.2, 0.25) is 0 Å². The summed E-state index contributed by atoms with van der Waals surface area (Å²) in [5.74, 6) is -2.62. The van der Waals surface area contributed by atoms with Gasteiger partial charge in [0.1, 0.15) is 6.04 Å². The fourth-order valence-corrected chi connectivity index (χ4v) is 1.42. The Kier molecular flexibility index (Phi) is 4.56. The Morgan fingerprint density at radius 1 is 1.63 bits per heavy atom. The van der Waals surface area contributed by atoms with Crippen LogP contribution >= 0.6 is 0 Å². The van der Waals surface area contributed by atoms with Crippen molar-refractivity contribution in [2.24, 2.45) is 5.92 Å². The zero-order chi connectivity index (χ0) is 14.6. The molecule has 0 fully saturated rings. The highest BCUT2D eigenvalue weighted by Gasteiger charge is 2.27. The first kappa shape index (κ1) is 14.6. The third kappa shape index (κ3) is 3.50. The van der Waals surface area contributed by atoms with Crippen molar-refractivity contribution in [1.82, 2.24) is 15.5 Å². The summed E-state index contributed by atoms with van der Waals surface area (Å²) in [4.78, 5) is 32.5. The standard InChI is InChI=1S/C10H14N4O5/c1-3-5(2)8(10(16)17)11-9(15)6-4-7(13-12-6)14(18)19/h4-5,8H,3H2,1-2H3,(H,11,15)(H,12,13)(H,16,17)/t5-,8-/m0/s1. The van der Waals surface area contributed by atoms with Crippen LogP contribution in [-0.2, 0) is 4.79 Å². The molecule has 0 radical (unpaired) electrons. The Morgan fingerprint density at radius 2 is 2.26 bits per heavy atom. The number of H-pyrrole nitrogens is 1. The van der Waals surface area contributed by atoms with Crippen LogP contribution in [0.15, 0.2) is 6.07 Å². The molecule has 104 valence electrons. The Morgan fingerprint density at radius 3 is 2.68 bits per heavy atom. The van der Waals surface area contributed by atoms with Gasteiger partial charge in [-0.3, -0.25) is 4.79 Å². The molecule has 0 unspecified atom stereocenters. The molecule has 0 aliphatic heterocycles. The predicted molar refractivity (Wildman–Crippen MR) is 63.6 cm³/mol. The van der Waals surface area contributed by atoms with E-state index < -0.39 is 28.7 Å². The van der Waals surface area contributed by atoms with Crippen LogP contribution in [0, 0.1) is 16.0 Å². The van der Waals surface area contributed by atoms with Gasteiger partial charge < -0.3 is 20.5 Å². The molecule has 1 heterocycles. The summed E-state index contributed by atoms with van der Waals surface area (Å²) < 4.78 is 0. The molecule has 0 aromatic carbocycles. The Balaban J connectivity index is 2.81. The number of hydrogen-bond donors (Lipinski definition) is 3. The topological polar surface area (TPSA) is 138 Å². The van der Waals surface area contributed by atoms with Crippen molar-refractivity contribution in [2.45, 2.75) is 26.3 Å². The summed E-state index contributed by atoms with van der Waals surface area (Å²) >= 11 is 0. The molecule has 0 saturated heterocycles. The molecule has 2 atom stereocenters. The number of nitrogens with zero attached hydrogens (tertiary/aromatic N) is 2. The van der Waals surface area contributed by atoms with Gasteiger partial charge in [-0.2, -0.15) is 0 Å². The number of aromatic nitrogens is 2. The van der Waals surface area contributed by atoms with Crippen LogP contribution in [0.2, 0.25) is 0 Å². The van der Waals surface area contributed by atoms with E-state index in [0.29, 0.717) is 6.42 Å². The zero-order valence-electron chi connectivity index (χ0n) is 10.4. The van der Waals surface area contributed by atoms with Crippen molar-refractivity contribution in [3.8, 4) is 0 Å². The first-order chi connectivity index (χ1) is 8.86. The SMILES string of the molecule is CC[C@H](C)[C@H](NC(=O)c1cc([N+](=O)[O-])[nH]n1)C(=O)O. The van der Waals surface area contributed by atoms with Crippen LogP contribution in [0.4, 0.5) is 5.82 Å². The highest BCUT2D eigenvalue weighted by atomic mass is 16.6. The third-order valence-corrected chi connectivity index (χ3v) is 2.76. The lowest BCUT2D eigenvalue weighted by atomic mass is 9.99. The Labute approximate surface area is 108 Å². The van der Waals surface area contributed by atoms with Crippen molar-refractivity contribution >= 4 is 17.7 Å². The summed E-state index contributed by atoms with van der Waals surface area (Å²) in [7, 11) is 0. The van der Waals surface area contributed by atoms with Gasteiger partial charge >= 0.3 is 11.8 Å². The van der Waals surface area contributed by atoms with Crippen LogP contribution < -0.4 is 5.32 Å². The number of aliphatic carboxylic acids is 1. The van der Waals surface area contributed by atoms with E-state index in [4.69, 9.17) is 5.11 Å². The van der Waals surface area contributed by atoms with Gasteiger partial charge in [0.15, 0.2) is 5.69 Å². The van der Waals surface area contributed by atoms with Crippen LogP contribution in [0.5, 0.6) is 0 Å². The van der Waals surface area contributed by atoms with Crippen LogP contribution in [-0.4, -0.2) is 38.1 Å². The fraction of sp³-hybridized carbons (Fsp3) is 0.500. The number of rotatable bonds is 6. The van der Waals surface area contributed by atoms with Gasteiger partial charge in [0.05, 0.1) is 6.07 Å². The van der Waals surface area contributed by atoms with Crippen molar-refractivity contribution in [1.29, 1.82) is 0 Å². The molecule has 9 nitrogen and oxygen atoms in total. The number of nitrogens with one attached hydrogen (secondary N) is 2. The van der Waals surface area contributed by atoms with Gasteiger partial charge in [-0.15, -0.1) is 5.10 Å². The maximum atomic E-state index is 11.7. The van der Waals surface area contributed by atoms with E-state index in [1.54, 1.807) is 13.8 Å². The zero-order valence-corrected chi connectivity index (χ0v) is 10.4. The maximum absolute atomic E-state index is 11.7. The highest BCUT2D eigenvalue weighted by Crippen LogP contribution is 2.11. The summed E-state index contributed by atoms with van der Waals surface area (Å²) in [5.41, 5.74) is -0.221. The lowest BCUT2D eigenvalue weighted by Crippen LogP contribution is -2.45. The van der Waals surface area contributed by atoms with Crippen molar-refractivity contribution in [3.63, 3.8) is 0 Å². The molecule has 0 aliphatic rings. The second-order valence-electron chi connectivity index (χ2n) is 4.07. The van der Waals surface area contributed by atoms with Gasteiger partial charge in [0.25, 0.3) is 5.91 Å². The minimum absolute atomic E-state index is 0.221. The number of nitro groups is 1. The van der Waals surface area contributed by atoms with Crippen LogP contribution in [0.25, 0.3) is 0 Å². The molecule has 1 amide bonds. The third-order valence-electron chi connectivity index (χ3n) is 2.76. The van der Waals surface area contributed by atoms with Gasteiger partial charge in [-0.05, 0) is 10.8 Å². The molecular weight excluding hydrogens is 256 g/mol. The Bertz CT molecular complexity index is 498. The van der Waals surface area contributed by atoms with Gasteiger partial charge in [-0.1, -0.05) is 25.4 Å². The molecule has 1 rings (SSSR count). The monoisotopic (exact) mass is 270 g/mol. The van der Waals surface area contributed by atoms with E-state index in [1.807, 2.05) is 0 Å². The normalized spacial score (nSPS) is 13.6. The predicted octanol–water partition coefficient (Wildman–Crippen LogP) is 0.547. The summed E-state index contributed by atoms with van der Waals surface area (Å²) in [5, 5.41) is 27.3. The molecule has 1 aromatic heterocycles. The fourth-order valence-electron chi connectivity index (χ4n) is 1.42. The smallest absolute Gasteiger partial charge is 0.343 e. The maximum Gasteiger partial charge on any atom is 0.343 e. The van der Waals surface area contributed by atoms with Crippen LogP contribution in [0.1, 0.15) is 30.8 Å². The molecule has 1 aromatic rings. The molecule has 19 heavy (non-hydrogen) atoms. The Hall–Kier alpha value is -2.45. The molecule has 9 heteroatoms. The lowest BCUT2D eigenvalue weighted by Gasteiger charge is -2.19. The van der Waals surface area contributed by atoms with E-state index in [1.165, 1.54) is 0 Å². The number of carboxylic acids is 1. The van der Waals surface area contributed by atoms with Gasteiger partial charge in [-0.25, -0.2) is 4.79 Å². The molecule has 0 saturated carbocycles. The second-order valence-corrected chi connectivity index (χ2v) is 4.07. The number of carboxylic acid groups (broad SMARTS) is 1. The van der Waals surface area contributed by atoms with Gasteiger partial charge in [0, 0.05) is 0 Å². The van der Waals surface area contributed by atoms with Crippen molar-refractivity contribution < 1.29 is 19.6 Å². The quantitative estimate of drug-likeness (QED) is 0.509. The molecule has 0 bridgehead atoms. The second kappa shape index (κ2) is 5.94. The van der Waals surface area contributed by atoms with Crippen molar-refractivity contribution in [2.75, 3.05) is 0 Å². The number of amides is 1.